The van der Waals surface area contributed by atoms with Gasteiger partial charge in [0.25, 0.3) is 0 Å². The lowest BCUT2D eigenvalue weighted by atomic mass is 9.78. The van der Waals surface area contributed by atoms with Gasteiger partial charge in [0.2, 0.25) is 5.91 Å². The van der Waals surface area contributed by atoms with Gasteiger partial charge in [0.1, 0.15) is 0 Å². The molecule has 1 aromatic carbocycles. The van der Waals surface area contributed by atoms with Gasteiger partial charge in [-0.3, -0.25) is 4.79 Å². The maximum atomic E-state index is 12.6. The van der Waals surface area contributed by atoms with Crippen LogP contribution in [0.15, 0.2) is 24.3 Å². The molecule has 2 rings (SSSR count). The summed E-state index contributed by atoms with van der Waals surface area (Å²) in [4.78, 5) is 12.6. The summed E-state index contributed by atoms with van der Waals surface area (Å²) in [5.74, 6) is 2.58. The van der Waals surface area contributed by atoms with E-state index in [1.54, 1.807) is 13.2 Å². The normalized spacial score (nSPS) is 17.2. The summed E-state index contributed by atoms with van der Waals surface area (Å²) in [6.45, 7) is 2.11. The standard InChI is InChI=1S/C16H20N2O2/c1-3-13-5-4-6-14(11-13)18-15(19)16(12-20-2)7-9-17-10-8-16/h1,4-6,11,17H,7-10,12H2,2H3,(H,18,19). The van der Waals surface area contributed by atoms with Gasteiger partial charge in [0, 0.05) is 18.4 Å². The van der Waals surface area contributed by atoms with Crippen LogP contribution < -0.4 is 10.6 Å². The number of methoxy groups -OCH3 is 1. The van der Waals surface area contributed by atoms with E-state index >= 15 is 0 Å². The van der Waals surface area contributed by atoms with E-state index in [1.807, 2.05) is 18.2 Å². The molecule has 1 aliphatic rings. The van der Waals surface area contributed by atoms with E-state index in [2.05, 4.69) is 16.6 Å². The minimum absolute atomic E-state index is 0.00928. The molecule has 1 aromatic rings. The summed E-state index contributed by atoms with van der Waals surface area (Å²) in [6, 6.07) is 7.33. The Labute approximate surface area is 119 Å². The van der Waals surface area contributed by atoms with E-state index < -0.39 is 5.41 Å². The van der Waals surface area contributed by atoms with Crippen LogP contribution in [0.5, 0.6) is 0 Å². The second-order valence-corrected chi connectivity index (χ2v) is 5.14. The number of nitrogens with one attached hydrogen (secondary N) is 2. The first kappa shape index (κ1) is 14.6. The van der Waals surface area contributed by atoms with Crippen LogP contribution in [0.2, 0.25) is 0 Å². The number of hydrogen-bond donors (Lipinski definition) is 2. The largest absolute Gasteiger partial charge is 0.384 e. The monoisotopic (exact) mass is 272 g/mol. The van der Waals surface area contributed by atoms with Crippen molar-refractivity contribution < 1.29 is 9.53 Å². The smallest absolute Gasteiger partial charge is 0.233 e. The average molecular weight is 272 g/mol. The van der Waals surface area contributed by atoms with E-state index in [9.17, 15) is 4.79 Å². The lowest BCUT2D eigenvalue weighted by molar-refractivity contribution is -0.130. The predicted molar refractivity (Wildman–Crippen MR) is 79.4 cm³/mol. The number of amides is 1. The van der Waals surface area contributed by atoms with Crippen LogP contribution in [0.1, 0.15) is 18.4 Å². The van der Waals surface area contributed by atoms with Crippen LogP contribution in [0.3, 0.4) is 0 Å². The fraction of sp³-hybridized carbons (Fsp3) is 0.438. The molecular weight excluding hydrogens is 252 g/mol. The molecule has 1 aliphatic heterocycles. The fourth-order valence-electron chi connectivity index (χ4n) is 2.57. The summed E-state index contributed by atoms with van der Waals surface area (Å²) in [6.07, 6.45) is 6.93. The van der Waals surface area contributed by atoms with Gasteiger partial charge in [-0.25, -0.2) is 0 Å². The number of rotatable bonds is 4. The van der Waals surface area contributed by atoms with Gasteiger partial charge in [0.05, 0.1) is 12.0 Å². The number of ether oxygens (including phenoxy) is 1. The second kappa shape index (κ2) is 6.56. The zero-order chi connectivity index (χ0) is 14.4. The molecule has 20 heavy (non-hydrogen) atoms. The first-order valence-corrected chi connectivity index (χ1v) is 6.78. The molecule has 106 valence electrons. The molecule has 0 bridgehead atoms. The molecular formula is C16H20N2O2. The van der Waals surface area contributed by atoms with Gasteiger partial charge in [-0.15, -0.1) is 6.42 Å². The molecule has 0 saturated carbocycles. The Kier molecular flexibility index (Phi) is 4.78. The molecule has 1 amide bonds. The first-order valence-electron chi connectivity index (χ1n) is 6.78. The summed E-state index contributed by atoms with van der Waals surface area (Å²) < 4.78 is 5.27. The summed E-state index contributed by atoms with van der Waals surface area (Å²) in [5.41, 5.74) is 1.04. The fourth-order valence-corrected chi connectivity index (χ4v) is 2.57. The van der Waals surface area contributed by atoms with E-state index in [0.29, 0.717) is 6.61 Å². The van der Waals surface area contributed by atoms with Crippen LogP contribution in [0.4, 0.5) is 5.69 Å². The van der Waals surface area contributed by atoms with Gasteiger partial charge < -0.3 is 15.4 Å². The lowest BCUT2D eigenvalue weighted by Crippen LogP contribution is -2.47. The lowest BCUT2D eigenvalue weighted by Gasteiger charge is -2.35. The van der Waals surface area contributed by atoms with Crippen LogP contribution in [0, 0.1) is 17.8 Å². The van der Waals surface area contributed by atoms with Crippen molar-refractivity contribution in [2.75, 3.05) is 32.1 Å². The van der Waals surface area contributed by atoms with Crippen molar-refractivity contribution in [1.82, 2.24) is 5.32 Å². The Morgan fingerprint density at radius 2 is 2.25 bits per heavy atom. The van der Waals surface area contributed by atoms with Crippen molar-refractivity contribution in [3.05, 3.63) is 29.8 Å². The summed E-state index contributed by atoms with van der Waals surface area (Å²) >= 11 is 0. The highest BCUT2D eigenvalue weighted by molar-refractivity contribution is 5.95. The maximum Gasteiger partial charge on any atom is 0.233 e. The zero-order valence-corrected chi connectivity index (χ0v) is 11.7. The van der Waals surface area contributed by atoms with E-state index in [-0.39, 0.29) is 5.91 Å². The molecule has 1 heterocycles. The molecule has 0 unspecified atom stereocenters. The van der Waals surface area contributed by atoms with Crippen molar-refractivity contribution in [1.29, 1.82) is 0 Å². The molecule has 0 aliphatic carbocycles. The Morgan fingerprint density at radius 1 is 1.50 bits per heavy atom. The van der Waals surface area contributed by atoms with Gasteiger partial charge in [-0.05, 0) is 44.1 Å². The molecule has 0 spiro atoms. The zero-order valence-electron chi connectivity index (χ0n) is 11.7. The third kappa shape index (κ3) is 3.19. The second-order valence-electron chi connectivity index (χ2n) is 5.14. The first-order chi connectivity index (χ1) is 9.70. The Hall–Kier alpha value is -1.83. The van der Waals surface area contributed by atoms with Gasteiger partial charge in [0.15, 0.2) is 0 Å². The van der Waals surface area contributed by atoms with Gasteiger partial charge >= 0.3 is 0 Å². The number of piperidine rings is 1. The highest BCUT2D eigenvalue weighted by Gasteiger charge is 2.39. The SMILES string of the molecule is C#Cc1cccc(NC(=O)C2(COC)CCNCC2)c1. The Balaban J connectivity index is 2.14. The van der Waals surface area contributed by atoms with Gasteiger partial charge in [-0.2, -0.15) is 0 Å². The molecule has 4 heteroatoms. The number of benzene rings is 1. The molecule has 0 radical (unpaired) electrons. The number of terminal acetylenes is 1. The third-order valence-electron chi connectivity index (χ3n) is 3.75. The van der Waals surface area contributed by atoms with Crippen molar-refractivity contribution in [2.24, 2.45) is 5.41 Å². The minimum atomic E-state index is -0.452. The Morgan fingerprint density at radius 3 is 2.90 bits per heavy atom. The highest BCUT2D eigenvalue weighted by atomic mass is 16.5. The number of anilines is 1. The maximum absolute atomic E-state index is 12.6. The van der Waals surface area contributed by atoms with Crippen molar-refractivity contribution >= 4 is 11.6 Å². The van der Waals surface area contributed by atoms with Gasteiger partial charge in [-0.1, -0.05) is 12.0 Å². The number of carbonyl (C=O) groups excluding carboxylic acids is 1. The molecule has 4 nitrogen and oxygen atoms in total. The third-order valence-corrected chi connectivity index (χ3v) is 3.75. The molecule has 1 saturated heterocycles. The van der Waals surface area contributed by atoms with E-state index in [1.165, 1.54) is 0 Å². The Bertz CT molecular complexity index is 508. The number of hydrogen-bond acceptors (Lipinski definition) is 3. The average Bonchev–Trinajstić information content (AvgIpc) is 2.48. The van der Waals surface area contributed by atoms with Crippen molar-refractivity contribution in [3.63, 3.8) is 0 Å². The minimum Gasteiger partial charge on any atom is -0.384 e. The quantitative estimate of drug-likeness (QED) is 0.819. The van der Waals surface area contributed by atoms with E-state index in [0.717, 1.165) is 37.2 Å². The van der Waals surface area contributed by atoms with E-state index in [4.69, 9.17) is 11.2 Å². The molecule has 0 atom stereocenters. The van der Waals surface area contributed by atoms with Crippen LogP contribution in [0.25, 0.3) is 0 Å². The summed E-state index contributed by atoms with van der Waals surface area (Å²) in [7, 11) is 1.63. The molecule has 1 fully saturated rings. The van der Waals surface area contributed by atoms with Crippen LogP contribution in [-0.4, -0.2) is 32.7 Å². The van der Waals surface area contributed by atoms with Crippen molar-refractivity contribution in [3.8, 4) is 12.3 Å². The topological polar surface area (TPSA) is 50.4 Å². The van der Waals surface area contributed by atoms with Crippen molar-refractivity contribution in [2.45, 2.75) is 12.8 Å². The molecule has 0 aromatic heterocycles. The van der Waals surface area contributed by atoms with Crippen LogP contribution >= 0.6 is 0 Å². The highest BCUT2D eigenvalue weighted by Crippen LogP contribution is 2.30. The molecule has 2 N–H and O–H groups in total. The summed E-state index contributed by atoms with van der Waals surface area (Å²) in [5, 5.41) is 6.24. The predicted octanol–water partition coefficient (Wildman–Crippen LogP) is 1.62. The van der Waals surface area contributed by atoms with Crippen LogP contribution in [-0.2, 0) is 9.53 Å². The number of carbonyl (C=O) groups is 1.